The van der Waals surface area contributed by atoms with E-state index in [4.69, 9.17) is 9.97 Å². The van der Waals surface area contributed by atoms with Crippen LogP contribution >= 0.6 is 0 Å². The van der Waals surface area contributed by atoms with Crippen LogP contribution in [0.15, 0.2) is 30.3 Å². The van der Waals surface area contributed by atoms with Crippen molar-refractivity contribution in [2.75, 3.05) is 24.5 Å². The number of amides is 1. The Morgan fingerprint density at radius 2 is 1.88 bits per heavy atom. The summed E-state index contributed by atoms with van der Waals surface area (Å²) >= 11 is 0. The number of nitrogens with zero attached hydrogens (tertiary/aromatic N) is 3. The fourth-order valence-corrected chi connectivity index (χ4v) is 3.98. The molecule has 0 aliphatic carbocycles. The Hall–Kier alpha value is -2.27. The van der Waals surface area contributed by atoms with Crippen molar-refractivity contribution in [2.45, 2.75) is 44.9 Å². The molecular weight excluding hydrogens is 324 g/mol. The number of hydrogen-bond acceptors (Lipinski definition) is 4. The lowest BCUT2D eigenvalue weighted by molar-refractivity contribution is -0.118. The molecule has 0 spiro atoms. The lowest BCUT2D eigenvalue weighted by atomic mass is 9.96. The third kappa shape index (κ3) is 3.49. The molecule has 1 fully saturated rings. The van der Waals surface area contributed by atoms with Crippen molar-refractivity contribution < 1.29 is 4.79 Å². The van der Waals surface area contributed by atoms with E-state index in [1.165, 1.54) is 5.56 Å². The Labute approximate surface area is 154 Å². The van der Waals surface area contributed by atoms with Crippen molar-refractivity contribution in [3.8, 4) is 0 Å². The minimum absolute atomic E-state index is 0.183. The highest BCUT2D eigenvalue weighted by molar-refractivity contribution is 5.95. The summed E-state index contributed by atoms with van der Waals surface area (Å²) < 4.78 is 0. The standard InChI is InChI=1S/C21H26N4O/c1-15-18-7-8-19(26)25(14-11-16-5-3-2-4-6-16)21(18)24-20(23-15)17-9-12-22-13-10-17/h2-6,17,22H,7-14H2,1H3. The molecule has 2 aliphatic rings. The molecule has 0 radical (unpaired) electrons. The molecule has 1 saturated heterocycles. The van der Waals surface area contributed by atoms with Gasteiger partial charge in [0.2, 0.25) is 5.91 Å². The number of rotatable bonds is 4. The third-order valence-corrected chi connectivity index (χ3v) is 5.53. The Kier molecular flexibility index (Phi) is 4.98. The molecule has 0 unspecified atom stereocenters. The molecule has 5 nitrogen and oxygen atoms in total. The Balaban J connectivity index is 1.62. The number of aromatic nitrogens is 2. The van der Waals surface area contributed by atoms with Gasteiger partial charge < -0.3 is 5.32 Å². The summed E-state index contributed by atoms with van der Waals surface area (Å²) in [5, 5.41) is 3.40. The van der Waals surface area contributed by atoms with Gasteiger partial charge in [0, 0.05) is 30.1 Å². The van der Waals surface area contributed by atoms with Gasteiger partial charge in [-0.2, -0.15) is 0 Å². The zero-order valence-corrected chi connectivity index (χ0v) is 15.4. The van der Waals surface area contributed by atoms with Gasteiger partial charge in [-0.15, -0.1) is 0 Å². The molecule has 0 bridgehead atoms. The summed E-state index contributed by atoms with van der Waals surface area (Å²) in [6.45, 7) is 4.77. The second-order valence-electron chi connectivity index (χ2n) is 7.27. The van der Waals surface area contributed by atoms with E-state index in [1.54, 1.807) is 0 Å². The fraction of sp³-hybridized carbons (Fsp3) is 0.476. The number of carbonyl (C=O) groups excluding carboxylic acids is 1. The number of hydrogen-bond donors (Lipinski definition) is 1. The molecule has 0 atom stereocenters. The second kappa shape index (κ2) is 7.54. The summed E-state index contributed by atoms with van der Waals surface area (Å²) in [5.74, 6) is 2.36. The Morgan fingerprint density at radius 3 is 2.65 bits per heavy atom. The number of fused-ring (bicyclic) bond motifs is 1. The van der Waals surface area contributed by atoms with Gasteiger partial charge in [0.15, 0.2) is 0 Å². The molecule has 2 aromatic rings. The van der Waals surface area contributed by atoms with Crippen LogP contribution in [0.25, 0.3) is 0 Å². The molecule has 1 N–H and O–H groups in total. The number of aryl methyl sites for hydroxylation is 1. The van der Waals surface area contributed by atoms with E-state index in [9.17, 15) is 4.79 Å². The van der Waals surface area contributed by atoms with Crippen molar-refractivity contribution in [1.29, 1.82) is 0 Å². The van der Waals surface area contributed by atoms with Crippen molar-refractivity contribution >= 4 is 11.7 Å². The van der Waals surface area contributed by atoms with E-state index in [-0.39, 0.29) is 5.91 Å². The van der Waals surface area contributed by atoms with Gasteiger partial charge in [-0.25, -0.2) is 9.97 Å². The molecule has 3 heterocycles. The van der Waals surface area contributed by atoms with Gasteiger partial charge in [0.1, 0.15) is 11.6 Å². The van der Waals surface area contributed by atoms with Crippen LogP contribution in [0.5, 0.6) is 0 Å². The van der Waals surface area contributed by atoms with Gasteiger partial charge in [-0.3, -0.25) is 9.69 Å². The molecule has 0 saturated carbocycles. The fourth-order valence-electron chi connectivity index (χ4n) is 3.98. The van der Waals surface area contributed by atoms with Gasteiger partial charge in [-0.05, 0) is 51.3 Å². The first-order valence-electron chi connectivity index (χ1n) is 9.65. The van der Waals surface area contributed by atoms with Crippen LogP contribution in [-0.4, -0.2) is 35.5 Å². The van der Waals surface area contributed by atoms with Crippen LogP contribution in [0.2, 0.25) is 0 Å². The maximum absolute atomic E-state index is 12.6. The predicted molar refractivity (Wildman–Crippen MR) is 102 cm³/mol. The lowest BCUT2D eigenvalue weighted by Gasteiger charge is -2.31. The van der Waals surface area contributed by atoms with Crippen LogP contribution in [0.1, 0.15) is 47.8 Å². The monoisotopic (exact) mass is 350 g/mol. The van der Waals surface area contributed by atoms with Gasteiger partial charge in [0.05, 0.1) is 0 Å². The second-order valence-corrected chi connectivity index (χ2v) is 7.27. The van der Waals surface area contributed by atoms with Crippen LogP contribution in [0.4, 0.5) is 5.82 Å². The molecule has 1 amide bonds. The maximum atomic E-state index is 12.6. The minimum Gasteiger partial charge on any atom is -0.317 e. The SMILES string of the molecule is Cc1nc(C2CCNCC2)nc2c1CCC(=O)N2CCc1ccccc1. The summed E-state index contributed by atoms with van der Waals surface area (Å²) in [4.78, 5) is 24.2. The average Bonchev–Trinajstić information content (AvgIpc) is 2.68. The highest BCUT2D eigenvalue weighted by Gasteiger charge is 2.29. The van der Waals surface area contributed by atoms with E-state index < -0.39 is 0 Å². The topological polar surface area (TPSA) is 58.1 Å². The molecule has 1 aromatic heterocycles. The summed E-state index contributed by atoms with van der Waals surface area (Å²) in [6, 6.07) is 10.3. The van der Waals surface area contributed by atoms with Crippen molar-refractivity contribution in [3.63, 3.8) is 0 Å². The van der Waals surface area contributed by atoms with Gasteiger partial charge in [0.25, 0.3) is 0 Å². The van der Waals surface area contributed by atoms with E-state index in [2.05, 4.69) is 24.4 Å². The number of anilines is 1. The molecule has 1 aromatic carbocycles. The first-order valence-corrected chi connectivity index (χ1v) is 9.65. The van der Waals surface area contributed by atoms with E-state index in [0.717, 1.165) is 61.7 Å². The quantitative estimate of drug-likeness (QED) is 0.921. The van der Waals surface area contributed by atoms with Crippen LogP contribution in [-0.2, 0) is 17.6 Å². The van der Waals surface area contributed by atoms with Crippen LogP contribution in [0.3, 0.4) is 0 Å². The molecule has 4 rings (SSSR count). The smallest absolute Gasteiger partial charge is 0.228 e. The van der Waals surface area contributed by atoms with E-state index >= 15 is 0 Å². The first-order chi connectivity index (χ1) is 12.7. The molecule has 5 heteroatoms. The van der Waals surface area contributed by atoms with Crippen molar-refractivity contribution in [2.24, 2.45) is 0 Å². The minimum atomic E-state index is 0.183. The molecule has 2 aliphatic heterocycles. The number of nitrogens with one attached hydrogen (secondary N) is 1. The lowest BCUT2D eigenvalue weighted by Crippen LogP contribution is -2.38. The first kappa shape index (κ1) is 17.2. The van der Waals surface area contributed by atoms with E-state index in [1.807, 2.05) is 23.1 Å². The highest BCUT2D eigenvalue weighted by atomic mass is 16.2. The summed E-state index contributed by atoms with van der Waals surface area (Å²) in [5.41, 5.74) is 3.44. The molecule has 26 heavy (non-hydrogen) atoms. The number of carbonyl (C=O) groups is 1. The van der Waals surface area contributed by atoms with E-state index in [0.29, 0.717) is 18.9 Å². The molecule has 136 valence electrons. The Bertz CT molecular complexity index is 784. The van der Waals surface area contributed by atoms with Crippen LogP contribution < -0.4 is 10.2 Å². The van der Waals surface area contributed by atoms with Crippen molar-refractivity contribution in [1.82, 2.24) is 15.3 Å². The van der Waals surface area contributed by atoms with Crippen LogP contribution in [0, 0.1) is 6.92 Å². The summed E-state index contributed by atoms with van der Waals surface area (Å²) in [7, 11) is 0. The average molecular weight is 350 g/mol. The largest absolute Gasteiger partial charge is 0.317 e. The normalized spacial score (nSPS) is 18.0. The molecular formula is C21H26N4O. The predicted octanol–water partition coefficient (Wildman–Crippen LogP) is 2.77. The highest BCUT2D eigenvalue weighted by Crippen LogP contribution is 2.31. The zero-order valence-electron chi connectivity index (χ0n) is 15.4. The number of benzene rings is 1. The van der Waals surface area contributed by atoms with Crippen molar-refractivity contribution in [3.05, 3.63) is 53.0 Å². The zero-order chi connectivity index (χ0) is 17.9. The van der Waals surface area contributed by atoms with Gasteiger partial charge in [-0.1, -0.05) is 30.3 Å². The third-order valence-electron chi connectivity index (χ3n) is 5.53. The summed E-state index contributed by atoms with van der Waals surface area (Å²) in [6.07, 6.45) is 4.29. The number of piperidine rings is 1. The Morgan fingerprint density at radius 1 is 1.12 bits per heavy atom. The van der Waals surface area contributed by atoms with Gasteiger partial charge >= 0.3 is 0 Å². The maximum Gasteiger partial charge on any atom is 0.228 e.